The molecule has 0 radical (unpaired) electrons. The lowest BCUT2D eigenvalue weighted by Gasteiger charge is -2.39. The Kier molecular flexibility index (Phi) is 6.23. The fraction of sp³-hybridized carbons (Fsp3) is 0.368. The number of pyridine rings is 1. The molecule has 0 bridgehead atoms. The van der Waals surface area contributed by atoms with Crippen molar-refractivity contribution < 1.29 is 22.4 Å². The van der Waals surface area contributed by atoms with Crippen LogP contribution in [0.2, 0.25) is 0 Å². The number of piperazine rings is 1. The second-order valence-corrected chi connectivity index (χ2v) is 7.99. The Morgan fingerprint density at radius 3 is 2.60 bits per heavy atom. The normalized spacial score (nSPS) is 17.8. The number of halogens is 5. The first-order valence-corrected chi connectivity index (χ1v) is 9.82. The van der Waals surface area contributed by atoms with E-state index in [4.69, 9.17) is 0 Å². The van der Waals surface area contributed by atoms with Crippen LogP contribution in [0.5, 0.6) is 0 Å². The van der Waals surface area contributed by atoms with Crippen LogP contribution in [-0.4, -0.2) is 48.5 Å². The van der Waals surface area contributed by atoms with Crippen molar-refractivity contribution in [1.82, 2.24) is 9.88 Å². The minimum absolute atomic E-state index is 0.0567. The van der Waals surface area contributed by atoms with Crippen molar-refractivity contribution in [1.29, 1.82) is 0 Å². The van der Waals surface area contributed by atoms with E-state index in [0.717, 1.165) is 6.20 Å². The molecule has 1 aliphatic rings. The maximum absolute atomic E-state index is 14.2. The molecule has 3 rings (SSSR count). The van der Waals surface area contributed by atoms with Gasteiger partial charge in [0.25, 0.3) is 5.91 Å². The summed E-state index contributed by atoms with van der Waals surface area (Å²) in [6, 6.07) is 3.03. The Balaban J connectivity index is 1.99. The van der Waals surface area contributed by atoms with E-state index >= 15 is 0 Å². The second kappa shape index (κ2) is 8.38. The predicted octanol–water partition coefficient (Wildman–Crippen LogP) is 3.69. The Bertz CT molecular complexity index is 1020. The van der Waals surface area contributed by atoms with Crippen molar-refractivity contribution in [2.24, 2.45) is 0 Å². The zero-order valence-electron chi connectivity index (χ0n) is 16.1. The fourth-order valence-corrected chi connectivity index (χ4v) is 3.59. The van der Waals surface area contributed by atoms with Crippen LogP contribution >= 0.6 is 15.9 Å². The molecule has 1 unspecified atom stereocenters. The smallest absolute Gasteiger partial charge is 0.367 e. The molecular weight excluding hydrogens is 472 g/mol. The highest BCUT2D eigenvalue weighted by Crippen LogP contribution is 2.35. The number of hydrogen-bond donors (Lipinski definition) is 2. The number of benzene rings is 1. The average molecular weight is 491 g/mol. The third-order valence-electron chi connectivity index (χ3n) is 5.06. The Morgan fingerprint density at radius 1 is 1.27 bits per heavy atom. The number of carbonyl (C=O) groups excluding carboxylic acids is 1. The van der Waals surface area contributed by atoms with Crippen LogP contribution in [0.4, 0.5) is 28.9 Å². The van der Waals surface area contributed by atoms with Gasteiger partial charge >= 0.3 is 6.18 Å². The summed E-state index contributed by atoms with van der Waals surface area (Å²) in [5.74, 6) is -1.63. The van der Waals surface area contributed by atoms with Crippen LogP contribution < -0.4 is 15.8 Å². The van der Waals surface area contributed by atoms with Gasteiger partial charge in [0, 0.05) is 44.0 Å². The molecule has 2 heterocycles. The van der Waals surface area contributed by atoms with Gasteiger partial charge in [-0.15, -0.1) is 0 Å². The molecule has 6 nitrogen and oxygen atoms in total. The number of alkyl halides is 3. The molecule has 1 aliphatic heterocycles. The van der Waals surface area contributed by atoms with Gasteiger partial charge < -0.3 is 20.1 Å². The maximum Gasteiger partial charge on any atom is 0.417 e. The molecule has 1 aromatic heterocycles. The minimum atomic E-state index is -4.89. The molecule has 0 saturated carbocycles. The van der Waals surface area contributed by atoms with Crippen molar-refractivity contribution in [2.75, 3.05) is 36.9 Å². The van der Waals surface area contributed by atoms with Crippen molar-refractivity contribution in [3.05, 3.63) is 56.2 Å². The second-order valence-electron chi connectivity index (χ2n) is 7.14. The third-order valence-corrected chi connectivity index (χ3v) is 5.67. The van der Waals surface area contributed by atoms with E-state index < -0.39 is 34.6 Å². The van der Waals surface area contributed by atoms with Crippen LogP contribution in [0.1, 0.15) is 22.8 Å². The van der Waals surface area contributed by atoms with Crippen molar-refractivity contribution in [2.45, 2.75) is 19.1 Å². The van der Waals surface area contributed by atoms with Gasteiger partial charge in [-0.1, -0.05) is 0 Å². The molecule has 1 saturated heterocycles. The molecule has 0 aliphatic carbocycles. The summed E-state index contributed by atoms with van der Waals surface area (Å²) >= 11 is 3.05. The van der Waals surface area contributed by atoms with E-state index in [-0.39, 0.29) is 16.2 Å². The van der Waals surface area contributed by atoms with Crippen LogP contribution in [0.25, 0.3) is 0 Å². The number of nitrogens with one attached hydrogen (secondary N) is 2. The molecule has 11 heteroatoms. The SMILES string of the molecule is CC1CN(c2cc(F)c(Br)cc2NC(=O)c2c[nH]c(=O)cc2C(F)(F)F)CCN1C. The molecule has 1 aromatic carbocycles. The quantitative estimate of drug-likeness (QED) is 0.644. The molecule has 1 amide bonds. The number of amides is 1. The number of hydrogen-bond acceptors (Lipinski definition) is 4. The van der Waals surface area contributed by atoms with Gasteiger partial charge in [-0.25, -0.2) is 4.39 Å². The predicted molar refractivity (Wildman–Crippen MR) is 108 cm³/mol. The van der Waals surface area contributed by atoms with Crippen molar-refractivity contribution >= 4 is 33.2 Å². The maximum atomic E-state index is 14.2. The summed E-state index contributed by atoms with van der Waals surface area (Å²) in [6.07, 6.45) is -4.17. The van der Waals surface area contributed by atoms with Crippen molar-refractivity contribution in [3.8, 4) is 0 Å². The summed E-state index contributed by atoms with van der Waals surface area (Å²) in [7, 11) is 1.96. The molecule has 30 heavy (non-hydrogen) atoms. The van der Waals surface area contributed by atoms with Crippen LogP contribution in [0.15, 0.2) is 33.7 Å². The fourth-order valence-electron chi connectivity index (χ4n) is 3.25. The molecule has 1 fully saturated rings. The largest absolute Gasteiger partial charge is 0.417 e. The van der Waals surface area contributed by atoms with E-state index in [1.807, 2.05) is 18.9 Å². The molecular formula is C19H19BrF4N4O2. The molecule has 162 valence electrons. The molecule has 2 N–H and O–H groups in total. The summed E-state index contributed by atoms with van der Waals surface area (Å²) < 4.78 is 54.2. The number of aromatic nitrogens is 1. The first-order valence-electron chi connectivity index (χ1n) is 9.03. The van der Waals surface area contributed by atoms with Gasteiger partial charge in [0.15, 0.2) is 0 Å². The van der Waals surface area contributed by atoms with Gasteiger partial charge in [-0.3, -0.25) is 9.59 Å². The summed E-state index contributed by atoms with van der Waals surface area (Å²) in [5.41, 5.74) is -2.54. The van der Waals surface area contributed by atoms with Crippen LogP contribution in [0, 0.1) is 5.82 Å². The summed E-state index contributed by atoms with van der Waals surface area (Å²) in [4.78, 5) is 30.1. The highest BCUT2D eigenvalue weighted by Gasteiger charge is 2.36. The lowest BCUT2D eigenvalue weighted by Crippen LogP contribution is -2.50. The average Bonchev–Trinajstić information content (AvgIpc) is 2.66. The van der Waals surface area contributed by atoms with Gasteiger partial charge in [0.2, 0.25) is 5.56 Å². The Morgan fingerprint density at radius 2 is 1.97 bits per heavy atom. The Labute approximate surface area is 178 Å². The number of aromatic amines is 1. The monoisotopic (exact) mass is 490 g/mol. The first-order chi connectivity index (χ1) is 14.0. The van der Waals surface area contributed by atoms with Crippen LogP contribution in [-0.2, 0) is 6.18 Å². The first kappa shape index (κ1) is 22.3. The van der Waals surface area contributed by atoms with Gasteiger partial charge in [-0.05, 0) is 36.0 Å². The number of anilines is 2. The highest BCUT2D eigenvalue weighted by atomic mass is 79.9. The van der Waals surface area contributed by atoms with Gasteiger partial charge in [-0.2, -0.15) is 13.2 Å². The molecule has 1 atom stereocenters. The van der Waals surface area contributed by atoms with Gasteiger partial charge in [0.05, 0.1) is 27.0 Å². The van der Waals surface area contributed by atoms with E-state index in [9.17, 15) is 27.2 Å². The lowest BCUT2D eigenvalue weighted by molar-refractivity contribution is -0.138. The van der Waals surface area contributed by atoms with E-state index in [2.05, 4.69) is 31.1 Å². The number of likely N-dealkylation sites (N-methyl/N-ethyl adjacent to an activating group) is 1. The third kappa shape index (κ3) is 4.67. The summed E-state index contributed by atoms with van der Waals surface area (Å²) in [5, 5.41) is 2.44. The molecule has 0 spiro atoms. The number of carbonyl (C=O) groups is 1. The Hall–Kier alpha value is -2.40. The molecule has 2 aromatic rings. The number of nitrogens with zero attached hydrogens (tertiary/aromatic N) is 2. The van der Waals surface area contributed by atoms with Crippen LogP contribution in [0.3, 0.4) is 0 Å². The highest BCUT2D eigenvalue weighted by molar-refractivity contribution is 9.10. The van der Waals surface area contributed by atoms with Gasteiger partial charge in [0.1, 0.15) is 5.82 Å². The zero-order chi connectivity index (χ0) is 22.2. The van der Waals surface area contributed by atoms with E-state index in [1.165, 1.54) is 12.1 Å². The topological polar surface area (TPSA) is 68.4 Å². The summed E-state index contributed by atoms with van der Waals surface area (Å²) in [6.45, 7) is 3.80. The van der Waals surface area contributed by atoms with Crippen molar-refractivity contribution in [3.63, 3.8) is 0 Å². The zero-order valence-corrected chi connectivity index (χ0v) is 17.7. The van der Waals surface area contributed by atoms with E-state index in [0.29, 0.717) is 31.4 Å². The number of H-pyrrole nitrogens is 1. The number of rotatable bonds is 3. The standard InChI is InChI=1S/C19H19BrF4N4O2/c1-10-9-28(4-3-27(10)2)16-7-14(21)13(20)6-15(16)26-18(30)11-8-25-17(29)5-12(11)19(22,23)24/h5-8,10H,3-4,9H2,1-2H3,(H,25,29)(H,26,30). The minimum Gasteiger partial charge on any atom is -0.367 e. The lowest BCUT2D eigenvalue weighted by atomic mass is 10.1. The van der Waals surface area contributed by atoms with E-state index in [1.54, 1.807) is 0 Å².